The number of imidazole rings is 1. The predicted molar refractivity (Wildman–Crippen MR) is 65.6 cm³/mol. The number of aromatic nitrogens is 2. The van der Waals surface area contributed by atoms with Crippen molar-refractivity contribution in [3.8, 4) is 0 Å². The molecule has 1 aromatic rings. The van der Waals surface area contributed by atoms with Crippen LogP contribution in [0, 0.1) is 0 Å². The van der Waals surface area contributed by atoms with E-state index in [0.29, 0.717) is 0 Å². The summed E-state index contributed by atoms with van der Waals surface area (Å²) < 4.78 is 7.39. The van der Waals surface area contributed by atoms with E-state index in [1.165, 1.54) is 6.42 Å². The van der Waals surface area contributed by atoms with E-state index in [1.807, 2.05) is 13.3 Å². The smallest absolute Gasteiger partial charge is 0.0950 e. The number of nitrogens with one attached hydrogen (secondary N) is 1. The van der Waals surface area contributed by atoms with Crippen molar-refractivity contribution in [2.75, 3.05) is 26.3 Å². The van der Waals surface area contributed by atoms with E-state index in [0.717, 1.165) is 45.0 Å². The maximum absolute atomic E-state index is 5.30. The fraction of sp³-hybridized carbons (Fsp3) is 0.750. The zero-order valence-corrected chi connectivity index (χ0v) is 10.4. The van der Waals surface area contributed by atoms with Crippen molar-refractivity contribution in [3.63, 3.8) is 0 Å². The third kappa shape index (κ3) is 5.28. The lowest BCUT2D eigenvalue weighted by Crippen LogP contribution is -2.17. The Labute approximate surface area is 98.0 Å². The molecule has 0 radical (unpaired) electrons. The minimum Gasteiger partial charge on any atom is -0.380 e. The molecule has 0 aliphatic carbocycles. The Kier molecular flexibility index (Phi) is 6.85. The second-order valence-corrected chi connectivity index (χ2v) is 3.80. The van der Waals surface area contributed by atoms with Crippen LogP contribution in [0.2, 0.25) is 0 Å². The van der Waals surface area contributed by atoms with Gasteiger partial charge in [-0.05, 0) is 19.9 Å². The summed E-state index contributed by atoms with van der Waals surface area (Å²) in [6.07, 6.45) is 6.17. The number of nitrogens with zero attached hydrogens (tertiary/aromatic N) is 2. The van der Waals surface area contributed by atoms with Gasteiger partial charge in [0.15, 0.2) is 0 Å². The van der Waals surface area contributed by atoms with Gasteiger partial charge in [0.1, 0.15) is 0 Å². The van der Waals surface area contributed by atoms with E-state index in [-0.39, 0.29) is 0 Å². The summed E-state index contributed by atoms with van der Waals surface area (Å²) in [6.45, 7) is 8.72. The maximum atomic E-state index is 5.30. The van der Waals surface area contributed by atoms with Gasteiger partial charge in [-0.25, -0.2) is 4.98 Å². The molecule has 0 spiro atoms. The van der Waals surface area contributed by atoms with Gasteiger partial charge in [0, 0.05) is 32.3 Å². The summed E-state index contributed by atoms with van der Waals surface area (Å²) in [5.74, 6) is 0. The third-order valence-corrected chi connectivity index (χ3v) is 2.37. The lowest BCUT2D eigenvalue weighted by Gasteiger charge is -2.01. The molecule has 0 bridgehead atoms. The molecule has 1 N–H and O–H groups in total. The fourth-order valence-electron chi connectivity index (χ4n) is 1.49. The molecular weight excluding hydrogens is 202 g/mol. The van der Waals surface area contributed by atoms with Gasteiger partial charge in [0.25, 0.3) is 0 Å². The van der Waals surface area contributed by atoms with Crippen LogP contribution in [0.1, 0.15) is 26.0 Å². The molecule has 4 nitrogen and oxygen atoms in total. The summed E-state index contributed by atoms with van der Waals surface area (Å²) in [5.41, 5.74) is 1.15. The SMILES string of the molecule is CCCNCCc1cn(CCOCC)cn1. The van der Waals surface area contributed by atoms with Crippen LogP contribution in [0.4, 0.5) is 0 Å². The molecule has 0 amide bonds. The standard InChI is InChI=1S/C12H23N3O/c1-3-6-13-7-5-12-10-15(11-14-12)8-9-16-4-2/h10-11,13H,3-9H2,1-2H3. The molecule has 4 heteroatoms. The lowest BCUT2D eigenvalue weighted by molar-refractivity contribution is 0.139. The van der Waals surface area contributed by atoms with E-state index < -0.39 is 0 Å². The van der Waals surface area contributed by atoms with Crippen molar-refractivity contribution < 1.29 is 4.74 Å². The molecule has 1 aromatic heterocycles. The number of hydrogen-bond acceptors (Lipinski definition) is 3. The van der Waals surface area contributed by atoms with Crippen LogP contribution in [0.5, 0.6) is 0 Å². The summed E-state index contributed by atoms with van der Waals surface area (Å²) in [7, 11) is 0. The Bertz CT molecular complexity index is 273. The first-order valence-electron chi connectivity index (χ1n) is 6.16. The quantitative estimate of drug-likeness (QED) is 0.647. The van der Waals surface area contributed by atoms with Crippen LogP contribution in [-0.4, -0.2) is 35.9 Å². The largest absolute Gasteiger partial charge is 0.380 e. The molecule has 0 aliphatic rings. The van der Waals surface area contributed by atoms with E-state index in [4.69, 9.17) is 4.74 Å². The normalized spacial score (nSPS) is 10.9. The summed E-state index contributed by atoms with van der Waals surface area (Å²) in [6, 6.07) is 0. The van der Waals surface area contributed by atoms with E-state index in [2.05, 4.69) is 28.0 Å². The van der Waals surface area contributed by atoms with Crippen LogP contribution in [0.3, 0.4) is 0 Å². The Hall–Kier alpha value is -0.870. The van der Waals surface area contributed by atoms with E-state index in [9.17, 15) is 0 Å². The minimum absolute atomic E-state index is 0.764. The van der Waals surface area contributed by atoms with Gasteiger partial charge in [-0.3, -0.25) is 0 Å². The van der Waals surface area contributed by atoms with Gasteiger partial charge < -0.3 is 14.6 Å². The summed E-state index contributed by atoms with van der Waals surface area (Å²) >= 11 is 0. The van der Waals surface area contributed by atoms with Crippen molar-refractivity contribution in [2.45, 2.75) is 33.2 Å². The van der Waals surface area contributed by atoms with Gasteiger partial charge in [-0.1, -0.05) is 6.92 Å². The van der Waals surface area contributed by atoms with Gasteiger partial charge in [0.2, 0.25) is 0 Å². The fourth-order valence-corrected chi connectivity index (χ4v) is 1.49. The first-order valence-corrected chi connectivity index (χ1v) is 6.16. The molecule has 0 fully saturated rings. The Morgan fingerprint density at radius 2 is 2.25 bits per heavy atom. The zero-order chi connectivity index (χ0) is 11.6. The van der Waals surface area contributed by atoms with Crippen molar-refractivity contribution in [2.24, 2.45) is 0 Å². The molecule has 1 rings (SSSR count). The number of hydrogen-bond donors (Lipinski definition) is 1. The Balaban J connectivity index is 2.17. The van der Waals surface area contributed by atoms with Gasteiger partial charge in [0.05, 0.1) is 18.6 Å². The van der Waals surface area contributed by atoms with Crippen molar-refractivity contribution in [1.29, 1.82) is 0 Å². The number of ether oxygens (including phenoxy) is 1. The molecular formula is C12H23N3O. The third-order valence-electron chi connectivity index (χ3n) is 2.37. The highest BCUT2D eigenvalue weighted by Crippen LogP contribution is 1.97. The van der Waals surface area contributed by atoms with Crippen LogP contribution in [0.25, 0.3) is 0 Å². The summed E-state index contributed by atoms with van der Waals surface area (Å²) in [5, 5.41) is 3.37. The molecule has 0 aliphatic heterocycles. The molecule has 92 valence electrons. The zero-order valence-electron chi connectivity index (χ0n) is 10.4. The van der Waals surface area contributed by atoms with Crippen LogP contribution in [-0.2, 0) is 17.7 Å². The highest BCUT2D eigenvalue weighted by atomic mass is 16.5. The molecule has 1 heterocycles. The second kappa shape index (κ2) is 8.30. The van der Waals surface area contributed by atoms with Crippen LogP contribution in [0.15, 0.2) is 12.5 Å². The lowest BCUT2D eigenvalue weighted by atomic mass is 10.3. The molecule has 0 atom stereocenters. The minimum atomic E-state index is 0.764. The Morgan fingerprint density at radius 3 is 3.00 bits per heavy atom. The molecule has 0 saturated heterocycles. The van der Waals surface area contributed by atoms with Crippen molar-refractivity contribution in [1.82, 2.24) is 14.9 Å². The van der Waals surface area contributed by atoms with Gasteiger partial charge in [-0.2, -0.15) is 0 Å². The predicted octanol–water partition coefficient (Wildman–Crippen LogP) is 1.46. The van der Waals surface area contributed by atoms with Gasteiger partial charge >= 0.3 is 0 Å². The van der Waals surface area contributed by atoms with Crippen LogP contribution < -0.4 is 5.32 Å². The molecule has 16 heavy (non-hydrogen) atoms. The maximum Gasteiger partial charge on any atom is 0.0950 e. The van der Waals surface area contributed by atoms with Crippen molar-refractivity contribution >= 4 is 0 Å². The topological polar surface area (TPSA) is 39.1 Å². The molecule has 0 saturated carbocycles. The van der Waals surface area contributed by atoms with Crippen LogP contribution >= 0.6 is 0 Å². The first-order chi connectivity index (χ1) is 7.86. The molecule has 0 aromatic carbocycles. The van der Waals surface area contributed by atoms with E-state index >= 15 is 0 Å². The summed E-state index contributed by atoms with van der Waals surface area (Å²) in [4.78, 5) is 4.36. The average molecular weight is 225 g/mol. The average Bonchev–Trinajstić information content (AvgIpc) is 2.73. The molecule has 0 unspecified atom stereocenters. The highest BCUT2D eigenvalue weighted by molar-refractivity contribution is 4.97. The monoisotopic (exact) mass is 225 g/mol. The second-order valence-electron chi connectivity index (χ2n) is 3.80. The Morgan fingerprint density at radius 1 is 1.38 bits per heavy atom. The first kappa shape index (κ1) is 13.2. The highest BCUT2D eigenvalue weighted by Gasteiger charge is 1.98. The van der Waals surface area contributed by atoms with Gasteiger partial charge in [-0.15, -0.1) is 0 Å². The van der Waals surface area contributed by atoms with Crippen molar-refractivity contribution in [3.05, 3.63) is 18.2 Å². The number of rotatable bonds is 9. The van der Waals surface area contributed by atoms with E-state index in [1.54, 1.807) is 0 Å².